The van der Waals surface area contributed by atoms with Gasteiger partial charge in [0.2, 0.25) is 0 Å². The molecule has 0 spiro atoms. The Kier molecular flexibility index (Phi) is 12.1. The van der Waals surface area contributed by atoms with Crippen molar-refractivity contribution in [3.63, 3.8) is 0 Å². The highest BCUT2D eigenvalue weighted by molar-refractivity contribution is 5.18. The van der Waals surface area contributed by atoms with Crippen LogP contribution in [0.25, 0.3) is 0 Å². The SMILES string of the molecule is CCCCC(C)c1ccccc1.CCCCCC. The Bertz CT molecular complexity index is 246. The number of unbranched alkanes of at least 4 members (excludes halogenated alkanes) is 4. The summed E-state index contributed by atoms with van der Waals surface area (Å²) >= 11 is 0. The maximum absolute atomic E-state index is 2.31. The highest BCUT2D eigenvalue weighted by Gasteiger charge is 2.02. The van der Waals surface area contributed by atoms with E-state index in [1.165, 1.54) is 50.5 Å². The zero-order valence-corrected chi connectivity index (χ0v) is 12.9. The lowest BCUT2D eigenvalue weighted by Gasteiger charge is -2.10. The Morgan fingerprint density at radius 1 is 0.778 bits per heavy atom. The van der Waals surface area contributed by atoms with Crippen molar-refractivity contribution in [3.05, 3.63) is 35.9 Å². The lowest BCUT2D eigenvalue weighted by molar-refractivity contribution is 0.624. The molecule has 0 aromatic heterocycles. The Morgan fingerprint density at radius 2 is 1.28 bits per heavy atom. The Morgan fingerprint density at radius 3 is 1.72 bits per heavy atom. The summed E-state index contributed by atoms with van der Waals surface area (Å²) in [4.78, 5) is 0. The van der Waals surface area contributed by atoms with Crippen LogP contribution in [-0.4, -0.2) is 0 Å². The van der Waals surface area contributed by atoms with Crippen LogP contribution in [0, 0.1) is 0 Å². The summed E-state index contributed by atoms with van der Waals surface area (Å²) < 4.78 is 0. The molecule has 0 saturated carbocycles. The van der Waals surface area contributed by atoms with Crippen molar-refractivity contribution in [1.29, 1.82) is 0 Å². The Balaban J connectivity index is 0.000000411. The van der Waals surface area contributed by atoms with Crippen LogP contribution in [-0.2, 0) is 0 Å². The van der Waals surface area contributed by atoms with Gasteiger partial charge in [-0.05, 0) is 17.9 Å². The quantitative estimate of drug-likeness (QED) is 0.479. The van der Waals surface area contributed by atoms with Gasteiger partial charge in [0.15, 0.2) is 0 Å². The van der Waals surface area contributed by atoms with Gasteiger partial charge in [0, 0.05) is 0 Å². The van der Waals surface area contributed by atoms with Gasteiger partial charge in [-0.1, -0.05) is 96.6 Å². The maximum atomic E-state index is 2.31. The first-order chi connectivity index (χ1) is 8.76. The van der Waals surface area contributed by atoms with Gasteiger partial charge in [0.1, 0.15) is 0 Å². The van der Waals surface area contributed by atoms with Crippen molar-refractivity contribution >= 4 is 0 Å². The minimum Gasteiger partial charge on any atom is -0.0654 e. The summed E-state index contributed by atoms with van der Waals surface area (Å²) in [5, 5.41) is 0. The fourth-order valence-electron chi connectivity index (χ4n) is 1.96. The third-order valence-corrected chi connectivity index (χ3v) is 3.32. The van der Waals surface area contributed by atoms with E-state index in [9.17, 15) is 0 Å². The molecule has 104 valence electrons. The second kappa shape index (κ2) is 12.7. The molecule has 1 aromatic rings. The van der Waals surface area contributed by atoms with Gasteiger partial charge < -0.3 is 0 Å². The second-order valence-electron chi connectivity index (χ2n) is 5.16. The zero-order valence-electron chi connectivity index (χ0n) is 12.9. The summed E-state index contributed by atoms with van der Waals surface area (Å²) in [6, 6.07) is 10.8. The number of hydrogen-bond donors (Lipinski definition) is 0. The van der Waals surface area contributed by atoms with Crippen molar-refractivity contribution in [2.75, 3.05) is 0 Å². The van der Waals surface area contributed by atoms with E-state index in [0.717, 1.165) is 5.92 Å². The van der Waals surface area contributed by atoms with Gasteiger partial charge >= 0.3 is 0 Å². The molecule has 0 amide bonds. The highest BCUT2D eigenvalue weighted by Crippen LogP contribution is 2.20. The van der Waals surface area contributed by atoms with E-state index >= 15 is 0 Å². The Labute approximate surface area is 115 Å². The smallest absolute Gasteiger partial charge is 0.0190 e. The zero-order chi connectivity index (χ0) is 13.6. The average Bonchev–Trinajstić information content (AvgIpc) is 2.44. The van der Waals surface area contributed by atoms with Gasteiger partial charge in [-0.25, -0.2) is 0 Å². The first-order valence-corrected chi connectivity index (χ1v) is 7.81. The van der Waals surface area contributed by atoms with Crippen LogP contribution in [0.3, 0.4) is 0 Å². The van der Waals surface area contributed by atoms with Crippen LogP contribution in [0.5, 0.6) is 0 Å². The molecule has 18 heavy (non-hydrogen) atoms. The Hall–Kier alpha value is -0.780. The summed E-state index contributed by atoms with van der Waals surface area (Å²) in [7, 11) is 0. The fourth-order valence-corrected chi connectivity index (χ4v) is 1.96. The van der Waals surface area contributed by atoms with Crippen LogP contribution in [0.1, 0.15) is 84.1 Å². The van der Waals surface area contributed by atoms with Crippen LogP contribution < -0.4 is 0 Å². The lowest BCUT2D eigenvalue weighted by Crippen LogP contribution is -1.92. The van der Waals surface area contributed by atoms with E-state index < -0.39 is 0 Å². The van der Waals surface area contributed by atoms with Crippen LogP contribution in [0.4, 0.5) is 0 Å². The van der Waals surface area contributed by atoms with Gasteiger partial charge in [-0.3, -0.25) is 0 Å². The molecule has 0 N–H and O–H groups in total. The second-order valence-corrected chi connectivity index (χ2v) is 5.16. The summed E-state index contributed by atoms with van der Waals surface area (Å²) in [6.07, 6.45) is 9.50. The molecule has 1 rings (SSSR count). The molecule has 1 unspecified atom stereocenters. The number of hydrogen-bond acceptors (Lipinski definition) is 0. The van der Waals surface area contributed by atoms with Crippen LogP contribution in [0.15, 0.2) is 30.3 Å². The lowest BCUT2D eigenvalue weighted by atomic mass is 9.96. The molecule has 0 radical (unpaired) electrons. The average molecular weight is 248 g/mol. The van der Waals surface area contributed by atoms with E-state index in [1.807, 2.05) is 0 Å². The van der Waals surface area contributed by atoms with Crippen molar-refractivity contribution in [3.8, 4) is 0 Å². The third-order valence-electron chi connectivity index (χ3n) is 3.32. The van der Waals surface area contributed by atoms with Gasteiger partial charge in [0.05, 0.1) is 0 Å². The van der Waals surface area contributed by atoms with Crippen molar-refractivity contribution in [1.82, 2.24) is 0 Å². The first kappa shape index (κ1) is 17.2. The molecule has 0 aliphatic rings. The number of rotatable bonds is 7. The van der Waals surface area contributed by atoms with Gasteiger partial charge in [0.25, 0.3) is 0 Å². The molecule has 1 atom stereocenters. The van der Waals surface area contributed by atoms with Crippen LogP contribution >= 0.6 is 0 Å². The standard InChI is InChI=1S/C12H18.C6H14/c1-3-4-8-11(2)12-9-6-5-7-10-12;1-3-5-6-4-2/h5-7,9-11H,3-4,8H2,1-2H3;3-6H2,1-2H3. The predicted molar refractivity (Wildman–Crippen MR) is 84.2 cm³/mol. The summed E-state index contributed by atoms with van der Waals surface area (Å²) in [6.45, 7) is 9.02. The van der Waals surface area contributed by atoms with Crippen molar-refractivity contribution in [2.24, 2.45) is 0 Å². The third kappa shape index (κ3) is 9.27. The molecule has 0 heterocycles. The van der Waals surface area contributed by atoms with E-state index in [2.05, 4.69) is 58.0 Å². The molecule has 0 saturated heterocycles. The predicted octanol–water partition coefficient (Wildman–Crippen LogP) is 6.57. The van der Waals surface area contributed by atoms with E-state index in [-0.39, 0.29) is 0 Å². The molecular weight excluding hydrogens is 216 g/mol. The molecular formula is C18H32. The topological polar surface area (TPSA) is 0 Å². The molecule has 0 heteroatoms. The first-order valence-electron chi connectivity index (χ1n) is 7.81. The minimum atomic E-state index is 0.728. The molecule has 0 nitrogen and oxygen atoms in total. The molecule has 0 aliphatic heterocycles. The molecule has 0 fully saturated rings. The van der Waals surface area contributed by atoms with Crippen molar-refractivity contribution < 1.29 is 0 Å². The van der Waals surface area contributed by atoms with E-state index in [4.69, 9.17) is 0 Å². The largest absolute Gasteiger partial charge is 0.0654 e. The molecule has 0 bridgehead atoms. The normalized spacial score (nSPS) is 11.6. The van der Waals surface area contributed by atoms with Crippen LogP contribution in [0.2, 0.25) is 0 Å². The monoisotopic (exact) mass is 248 g/mol. The summed E-state index contributed by atoms with van der Waals surface area (Å²) in [5.41, 5.74) is 1.48. The molecule has 1 aromatic carbocycles. The summed E-state index contributed by atoms with van der Waals surface area (Å²) in [5.74, 6) is 0.728. The van der Waals surface area contributed by atoms with E-state index in [1.54, 1.807) is 0 Å². The van der Waals surface area contributed by atoms with E-state index in [0.29, 0.717) is 0 Å². The molecule has 0 aliphatic carbocycles. The minimum absolute atomic E-state index is 0.728. The van der Waals surface area contributed by atoms with Crippen molar-refractivity contribution in [2.45, 2.75) is 78.6 Å². The fraction of sp³-hybridized carbons (Fsp3) is 0.667. The van der Waals surface area contributed by atoms with Gasteiger partial charge in [-0.15, -0.1) is 0 Å². The number of benzene rings is 1. The maximum Gasteiger partial charge on any atom is -0.0190 e. The van der Waals surface area contributed by atoms with Gasteiger partial charge in [-0.2, -0.15) is 0 Å². The highest BCUT2D eigenvalue weighted by atomic mass is 14.1.